The Morgan fingerprint density at radius 1 is 1.10 bits per heavy atom. The van der Waals surface area contributed by atoms with Gasteiger partial charge in [0.1, 0.15) is 23.1 Å². The van der Waals surface area contributed by atoms with E-state index in [1.807, 2.05) is 0 Å². The zero-order valence-corrected chi connectivity index (χ0v) is 11.3. The first-order valence-electron chi connectivity index (χ1n) is 6.24. The van der Waals surface area contributed by atoms with Crippen LogP contribution in [0, 0.1) is 11.6 Å². The third-order valence-electron chi connectivity index (χ3n) is 2.74. The highest BCUT2D eigenvalue weighted by Gasteiger charge is 2.12. The average Bonchev–Trinajstić information content (AvgIpc) is 2.49. The zero-order chi connectivity index (χ0) is 15.2. The Morgan fingerprint density at radius 3 is 2.29 bits per heavy atom. The van der Waals surface area contributed by atoms with Gasteiger partial charge in [0.2, 0.25) is 0 Å². The van der Waals surface area contributed by atoms with E-state index in [0.29, 0.717) is 5.75 Å². The van der Waals surface area contributed by atoms with Gasteiger partial charge in [-0.25, -0.2) is 8.78 Å². The summed E-state index contributed by atoms with van der Waals surface area (Å²) >= 11 is 0. The molecule has 21 heavy (non-hydrogen) atoms. The number of benzene rings is 2. The number of rotatable bonds is 5. The maximum absolute atomic E-state index is 13.4. The van der Waals surface area contributed by atoms with Crippen LogP contribution in [-0.4, -0.2) is 19.6 Å². The van der Waals surface area contributed by atoms with Crippen molar-refractivity contribution in [1.29, 1.82) is 0 Å². The maximum atomic E-state index is 13.4. The molecule has 0 radical (unpaired) electrons. The smallest absolute Gasteiger partial charge is 0.262 e. The molecule has 4 nitrogen and oxygen atoms in total. The van der Waals surface area contributed by atoms with Gasteiger partial charge in [-0.15, -0.1) is 0 Å². The number of hydrogen-bond acceptors (Lipinski definition) is 3. The van der Waals surface area contributed by atoms with Crippen LogP contribution < -0.4 is 15.4 Å². The molecule has 2 aromatic rings. The molecule has 0 bridgehead atoms. The number of carbonyl (C=O) groups is 1. The number of halogens is 2. The number of ether oxygens (including phenoxy) is 1. The Balaban J connectivity index is 1.92. The molecular formula is C15H14F2N2O2. The topological polar surface area (TPSA) is 50.4 Å². The van der Waals surface area contributed by atoms with Crippen molar-refractivity contribution >= 4 is 17.3 Å². The van der Waals surface area contributed by atoms with E-state index in [9.17, 15) is 13.6 Å². The normalized spacial score (nSPS) is 10.0. The molecular weight excluding hydrogens is 278 g/mol. The minimum atomic E-state index is -0.832. The summed E-state index contributed by atoms with van der Waals surface area (Å²) in [6.45, 7) is -0.341. The summed E-state index contributed by atoms with van der Waals surface area (Å²) in [6, 6.07) is 10.3. The summed E-state index contributed by atoms with van der Waals surface area (Å²) in [4.78, 5) is 11.6. The third kappa shape index (κ3) is 3.92. The van der Waals surface area contributed by atoms with Crippen molar-refractivity contribution in [3.8, 4) is 5.75 Å². The number of hydrogen-bond donors (Lipinski definition) is 2. The van der Waals surface area contributed by atoms with Gasteiger partial charge in [0.15, 0.2) is 6.61 Å². The number of anilines is 2. The van der Waals surface area contributed by atoms with Gasteiger partial charge in [0.25, 0.3) is 5.91 Å². The molecule has 110 valence electrons. The molecule has 0 saturated carbocycles. The van der Waals surface area contributed by atoms with E-state index in [0.717, 1.165) is 17.8 Å². The summed E-state index contributed by atoms with van der Waals surface area (Å²) in [6.07, 6.45) is 0. The standard InChI is InChI=1S/C15H14F2N2O2/c1-18-10-5-7-11(8-6-10)21-9-14(20)19-15-12(16)3-2-4-13(15)17/h2-8,18H,9H2,1H3,(H,19,20). The van der Waals surface area contributed by atoms with Gasteiger partial charge in [-0.05, 0) is 36.4 Å². The van der Waals surface area contributed by atoms with Crippen LogP contribution in [0.5, 0.6) is 5.75 Å². The fraction of sp³-hybridized carbons (Fsp3) is 0.133. The molecule has 2 rings (SSSR count). The lowest BCUT2D eigenvalue weighted by molar-refractivity contribution is -0.118. The average molecular weight is 292 g/mol. The number of nitrogens with one attached hydrogen (secondary N) is 2. The van der Waals surface area contributed by atoms with Gasteiger partial charge < -0.3 is 15.4 Å². The molecule has 0 aromatic heterocycles. The summed E-state index contributed by atoms with van der Waals surface area (Å²) in [7, 11) is 1.78. The third-order valence-corrected chi connectivity index (χ3v) is 2.74. The van der Waals surface area contributed by atoms with Crippen LogP contribution in [-0.2, 0) is 4.79 Å². The fourth-order valence-corrected chi connectivity index (χ4v) is 1.66. The summed E-state index contributed by atoms with van der Waals surface area (Å²) < 4.78 is 31.9. The van der Waals surface area contributed by atoms with Crippen LogP contribution >= 0.6 is 0 Å². The molecule has 0 aliphatic heterocycles. The van der Waals surface area contributed by atoms with Crippen molar-refractivity contribution < 1.29 is 18.3 Å². The first-order chi connectivity index (χ1) is 10.1. The van der Waals surface area contributed by atoms with E-state index >= 15 is 0 Å². The van der Waals surface area contributed by atoms with Gasteiger partial charge in [-0.1, -0.05) is 6.07 Å². The van der Waals surface area contributed by atoms with Gasteiger partial charge in [0.05, 0.1) is 0 Å². The Morgan fingerprint density at radius 2 is 1.71 bits per heavy atom. The van der Waals surface area contributed by atoms with Crippen molar-refractivity contribution in [1.82, 2.24) is 0 Å². The lowest BCUT2D eigenvalue weighted by Gasteiger charge is -2.09. The second kappa shape index (κ2) is 6.69. The van der Waals surface area contributed by atoms with Crippen molar-refractivity contribution in [2.75, 3.05) is 24.3 Å². The summed E-state index contributed by atoms with van der Waals surface area (Å²) in [5, 5.41) is 5.09. The molecule has 0 unspecified atom stereocenters. The SMILES string of the molecule is CNc1ccc(OCC(=O)Nc2c(F)cccc2F)cc1. The van der Waals surface area contributed by atoms with Crippen molar-refractivity contribution in [2.24, 2.45) is 0 Å². The molecule has 0 spiro atoms. The van der Waals surface area contributed by atoms with Gasteiger partial charge in [0, 0.05) is 12.7 Å². The molecule has 0 heterocycles. The molecule has 2 aromatic carbocycles. The molecule has 0 fully saturated rings. The largest absolute Gasteiger partial charge is 0.484 e. The van der Waals surface area contributed by atoms with Crippen LogP contribution in [0.2, 0.25) is 0 Å². The van der Waals surface area contributed by atoms with Crippen LogP contribution in [0.1, 0.15) is 0 Å². The van der Waals surface area contributed by atoms with Crippen LogP contribution in [0.25, 0.3) is 0 Å². The highest BCUT2D eigenvalue weighted by atomic mass is 19.1. The lowest BCUT2D eigenvalue weighted by Crippen LogP contribution is -2.21. The van der Waals surface area contributed by atoms with E-state index in [4.69, 9.17) is 4.74 Å². The first kappa shape index (κ1) is 14.8. The van der Waals surface area contributed by atoms with Crippen molar-refractivity contribution in [3.05, 3.63) is 54.1 Å². The van der Waals surface area contributed by atoms with E-state index in [2.05, 4.69) is 10.6 Å². The maximum Gasteiger partial charge on any atom is 0.262 e. The van der Waals surface area contributed by atoms with Gasteiger partial charge in [-0.3, -0.25) is 4.79 Å². The number of para-hydroxylation sites is 1. The predicted octanol–water partition coefficient (Wildman–Crippen LogP) is 3.02. The fourth-order valence-electron chi connectivity index (χ4n) is 1.66. The van der Waals surface area contributed by atoms with Crippen molar-refractivity contribution in [3.63, 3.8) is 0 Å². The molecule has 2 N–H and O–H groups in total. The highest BCUT2D eigenvalue weighted by molar-refractivity contribution is 5.92. The van der Waals surface area contributed by atoms with E-state index < -0.39 is 23.2 Å². The summed E-state index contributed by atoms with van der Waals surface area (Å²) in [5.41, 5.74) is 0.428. The minimum Gasteiger partial charge on any atom is -0.484 e. The lowest BCUT2D eigenvalue weighted by atomic mass is 10.3. The second-order valence-electron chi connectivity index (χ2n) is 4.21. The molecule has 0 aliphatic carbocycles. The highest BCUT2D eigenvalue weighted by Crippen LogP contribution is 2.18. The summed E-state index contributed by atoms with van der Waals surface area (Å²) in [5.74, 6) is -1.82. The van der Waals surface area contributed by atoms with E-state index in [1.165, 1.54) is 6.07 Å². The van der Waals surface area contributed by atoms with Crippen LogP contribution in [0.4, 0.5) is 20.2 Å². The van der Waals surface area contributed by atoms with Crippen LogP contribution in [0.15, 0.2) is 42.5 Å². The van der Waals surface area contributed by atoms with E-state index in [-0.39, 0.29) is 6.61 Å². The monoisotopic (exact) mass is 292 g/mol. The van der Waals surface area contributed by atoms with Gasteiger partial charge in [-0.2, -0.15) is 0 Å². The Hall–Kier alpha value is -2.63. The van der Waals surface area contributed by atoms with Crippen molar-refractivity contribution in [2.45, 2.75) is 0 Å². The molecule has 6 heteroatoms. The van der Waals surface area contributed by atoms with E-state index in [1.54, 1.807) is 31.3 Å². The molecule has 0 saturated heterocycles. The minimum absolute atomic E-state index is 0.341. The molecule has 1 amide bonds. The van der Waals surface area contributed by atoms with Crippen LogP contribution in [0.3, 0.4) is 0 Å². The molecule has 0 atom stereocenters. The van der Waals surface area contributed by atoms with Gasteiger partial charge >= 0.3 is 0 Å². The predicted molar refractivity (Wildman–Crippen MR) is 76.5 cm³/mol. The quantitative estimate of drug-likeness (QED) is 0.890. The zero-order valence-electron chi connectivity index (χ0n) is 11.3. The number of carbonyl (C=O) groups excluding carboxylic acids is 1. The Kier molecular flexibility index (Phi) is 4.71. The first-order valence-corrected chi connectivity index (χ1v) is 6.24. The number of amides is 1. The Bertz CT molecular complexity index is 610. The Labute approximate surface area is 120 Å². The molecule has 0 aliphatic rings. The second-order valence-corrected chi connectivity index (χ2v) is 4.21.